The van der Waals surface area contributed by atoms with Gasteiger partial charge in [0.25, 0.3) is 0 Å². The smallest absolute Gasteiger partial charge is 0.0383 e. The van der Waals surface area contributed by atoms with Crippen LogP contribution in [0.1, 0.15) is 57.8 Å². The Balaban J connectivity index is 1.83. The summed E-state index contributed by atoms with van der Waals surface area (Å²) in [4.78, 5) is 0. The maximum absolute atomic E-state index is 4.35. The molecule has 2 saturated carbocycles. The molecule has 0 heteroatoms. The Bertz CT molecular complexity index is 164. The van der Waals surface area contributed by atoms with Crippen LogP contribution in [0.25, 0.3) is 0 Å². The van der Waals surface area contributed by atoms with Gasteiger partial charge in [0, 0.05) is 0 Å². The Kier molecular flexibility index (Phi) is 4.11. The molecule has 2 aliphatic rings. The Morgan fingerprint density at radius 1 is 0.667 bits per heavy atom. The molecule has 0 nitrogen and oxygen atoms in total. The third kappa shape index (κ3) is 2.98. The maximum atomic E-state index is 4.35. The van der Waals surface area contributed by atoms with Crippen molar-refractivity contribution in [3.8, 4) is 0 Å². The van der Waals surface area contributed by atoms with Crippen molar-refractivity contribution < 1.29 is 0 Å². The molecular formula is C15H26. The van der Waals surface area contributed by atoms with Gasteiger partial charge in [-0.3, -0.25) is 0 Å². The monoisotopic (exact) mass is 206 g/mol. The van der Waals surface area contributed by atoms with Crippen LogP contribution in [0.2, 0.25) is 0 Å². The van der Waals surface area contributed by atoms with E-state index in [1.807, 2.05) is 0 Å². The Hall–Kier alpha value is 0. The number of hydrogen-bond acceptors (Lipinski definition) is 0. The van der Waals surface area contributed by atoms with E-state index in [4.69, 9.17) is 0 Å². The molecule has 0 heterocycles. The molecular weight excluding hydrogens is 180 g/mol. The van der Waals surface area contributed by atoms with Crippen molar-refractivity contribution in [2.75, 3.05) is 0 Å². The lowest BCUT2D eigenvalue weighted by molar-refractivity contribution is 0.175. The van der Waals surface area contributed by atoms with E-state index in [0.717, 1.165) is 23.7 Å². The van der Waals surface area contributed by atoms with E-state index in [1.54, 1.807) is 0 Å². The average molecular weight is 206 g/mol. The summed E-state index contributed by atoms with van der Waals surface area (Å²) in [6.45, 7) is 8.70. The summed E-state index contributed by atoms with van der Waals surface area (Å²) >= 11 is 0. The minimum Gasteiger partial charge on any atom is -0.0530 e. The summed E-state index contributed by atoms with van der Waals surface area (Å²) < 4.78 is 0. The van der Waals surface area contributed by atoms with Crippen molar-refractivity contribution in [2.45, 2.75) is 57.8 Å². The van der Waals surface area contributed by atoms with Crippen molar-refractivity contribution in [3.05, 3.63) is 13.8 Å². The van der Waals surface area contributed by atoms with Crippen molar-refractivity contribution >= 4 is 0 Å². The van der Waals surface area contributed by atoms with Crippen LogP contribution in [0.15, 0.2) is 0 Å². The van der Waals surface area contributed by atoms with Gasteiger partial charge in [-0.2, -0.15) is 0 Å². The zero-order valence-electron chi connectivity index (χ0n) is 10.1. The first-order chi connectivity index (χ1) is 7.27. The van der Waals surface area contributed by atoms with Gasteiger partial charge in [0.05, 0.1) is 0 Å². The van der Waals surface area contributed by atoms with Crippen LogP contribution >= 0.6 is 0 Å². The molecule has 4 unspecified atom stereocenters. The molecule has 0 aliphatic heterocycles. The van der Waals surface area contributed by atoms with Gasteiger partial charge < -0.3 is 0 Å². The molecule has 0 aromatic heterocycles. The average Bonchev–Trinajstić information content (AvgIpc) is 2.24. The summed E-state index contributed by atoms with van der Waals surface area (Å²) in [5.41, 5.74) is 0. The first-order valence-electron chi connectivity index (χ1n) is 6.93. The summed E-state index contributed by atoms with van der Waals surface area (Å²) in [5.74, 6) is 3.33. The SMILES string of the molecule is [CH2]C1CCCCC1CC1CCCCC1[CH2]. The second-order valence-electron chi connectivity index (χ2n) is 5.84. The molecule has 0 aromatic carbocycles. The maximum Gasteiger partial charge on any atom is -0.0383 e. The third-order valence-corrected chi connectivity index (χ3v) is 4.74. The zero-order valence-corrected chi connectivity index (χ0v) is 10.1. The van der Waals surface area contributed by atoms with Gasteiger partial charge in [0.1, 0.15) is 0 Å². The number of hydrogen-bond donors (Lipinski definition) is 0. The number of rotatable bonds is 2. The van der Waals surface area contributed by atoms with E-state index >= 15 is 0 Å². The van der Waals surface area contributed by atoms with E-state index in [-0.39, 0.29) is 0 Å². The first kappa shape index (κ1) is 11.5. The first-order valence-corrected chi connectivity index (χ1v) is 6.93. The normalized spacial score (nSPS) is 42.8. The van der Waals surface area contributed by atoms with Crippen LogP contribution in [-0.4, -0.2) is 0 Å². The van der Waals surface area contributed by atoms with E-state index in [1.165, 1.54) is 57.8 Å². The van der Waals surface area contributed by atoms with Crippen molar-refractivity contribution in [1.29, 1.82) is 0 Å². The van der Waals surface area contributed by atoms with Crippen LogP contribution in [0.4, 0.5) is 0 Å². The second kappa shape index (κ2) is 5.37. The minimum absolute atomic E-state index is 0.743. The van der Waals surface area contributed by atoms with E-state index in [2.05, 4.69) is 13.8 Å². The summed E-state index contributed by atoms with van der Waals surface area (Å²) in [6, 6.07) is 0. The largest absolute Gasteiger partial charge is 0.0530 e. The van der Waals surface area contributed by atoms with Crippen molar-refractivity contribution in [3.63, 3.8) is 0 Å². The summed E-state index contributed by atoms with van der Waals surface area (Å²) in [7, 11) is 0. The standard InChI is InChI=1S/C15H26/c1-12-7-3-5-9-14(12)11-15-10-6-4-8-13(15)2/h12-15H,1-11H2. The van der Waals surface area contributed by atoms with E-state index in [9.17, 15) is 0 Å². The van der Waals surface area contributed by atoms with Crippen LogP contribution < -0.4 is 0 Å². The molecule has 2 aliphatic carbocycles. The van der Waals surface area contributed by atoms with Crippen LogP contribution in [0.5, 0.6) is 0 Å². The lowest BCUT2D eigenvalue weighted by Gasteiger charge is -2.36. The van der Waals surface area contributed by atoms with Crippen molar-refractivity contribution in [2.24, 2.45) is 23.7 Å². The molecule has 2 fully saturated rings. The van der Waals surface area contributed by atoms with Crippen LogP contribution in [0.3, 0.4) is 0 Å². The Morgan fingerprint density at radius 3 is 1.47 bits per heavy atom. The third-order valence-electron chi connectivity index (χ3n) is 4.74. The predicted octanol–water partition coefficient (Wildman–Crippen LogP) is 4.66. The molecule has 0 amide bonds. The highest BCUT2D eigenvalue weighted by atomic mass is 14.3. The van der Waals surface area contributed by atoms with Gasteiger partial charge >= 0.3 is 0 Å². The van der Waals surface area contributed by atoms with Crippen molar-refractivity contribution in [1.82, 2.24) is 0 Å². The fourth-order valence-electron chi connectivity index (χ4n) is 3.58. The summed E-state index contributed by atoms with van der Waals surface area (Å²) in [6.07, 6.45) is 12.8. The van der Waals surface area contributed by atoms with Gasteiger partial charge in [0.15, 0.2) is 0 Å². The quantitative estimate of drug-likeness (QED) is 0.616. The molecule has 2 rings (SSSR count). The van der Waals surface area contributed by atoms with Gasteiger partial charge in [-0.15, -0.1) is 0 Å². The zero-order chi connectivity index (χ0) is 10.7. The topological polar surface area (TPSA) is 0 Å². The second-order valence-corrected chi connectivity index (χ2v) is 5.84. The molecule has 4 atom stereocenters. The van der Waals surface area contributed by atoms with E-state index in [0.29, 0.717) is 0 Å². The fraction of sp³-hybridized carbons (Fsp3) is 0.867. The highest BCUT2D eigenvalue weighted by molar-refractivity contribution is 4.84. The molecule has 0 N–H and O–H groups in total. The minimum atomic E-state index is 0.743. The van der Waals surface area contributed by atoms with Gasteiger partial charge in [-0.05, 0) is 43.9 Å². The lowest BCUT2D eigenvalue weighted by Crippen LogP contribution is -2.25. The Labute approximate surface area is 95.8 Å². The molecule has 86 valence electrons. The highest BCUT2D eigenvalue weighted by Gasteiger charge is 2.28. The molecule has 0 saturated heterocycles. The molecule has 2 radical (unpaired) electrons. The van der Waals surface area contributed by atoms with Crippen LogP contribution in [-0.2, 0) is 0 Å². The molecule has 0 bridgehead atoms. The van der Waals surface area contributed by atoms with Gasteiger partial charge in [-0.1, -0.05) is 51.4 Å². The molecule has 0 spiro atoms. The van der Waals surface area contributed by atoms with Gasteiger partial charge in [0.2, 0.25) is 0 Å². The van der Waals surface area contributed by atoms with Gasteiger partial charge in [-0.25, -0.2) is 0 Å². The van der Waals surface area contributed by atoms with Crippen LogP contribution in [0, 0.1) is 37.5 Å². The molecule has 0 aromatic rings. The molecule has 15 heavy (non-hydrogen) atoms. The summed E-state index contributed by atoms with van der Waals surface area (Å²) in [5, 5.41) is 0. The predicted molar refractivity (Wildman–Crippen MR) is 66.2 cm³/mol. The lowest BCUT2D eigenvalue weighted by atomic mass is 9.70. The fourth-order valence-corrected chi connectivity index (χ4v) is 3.58. The Morgan fingerprint density at radius 2 is 1.07 bits per heavy atom. The van der Waals surface area contributed by atoms with E-state index < -0.39 is 0 Å². The highest BCUT2D eigenvalue weighted by Crippen LogP contribution is 2.39.